The van der Waals surface area contributed by atoms with Crippen molar-refractivity contribution in [1.29, 1.82) is 0 Å². The minimum atomic E-state index is 0.154. The van der Waals surface area contributed by atoms with Gasteiger partial charge in [0.2, 0.25) is 17.6 Å². The predicted octanol–water partition coefficient (Wildman–Crippen LogP) is 2.23. The van der Waals surface area contributed by atoms with Crippen molar-refractivity contribution in [2.75, 3.05) is 39.3 Å². The average molecular weight is 358 g/mol. The lowest BCUT2D eigenvalue weighted by molar-refractivity contribution is -0.132. The Hall–Kier alpha value is -2.41. The molecule has 0 N–H and O–H groups in total. The number of piperazine rings is 1. The van der Waals surface area contributed by atoms with Crippen LogP contribution in [0.2, 0.25) is 0 Å². The minimum absolute atomic E-state index is 0.154. The Kier molecular flexibility index (Phi) is 6.22. The summed E-state index contributed by atoms with van der Waals surface area (Å²) in [5.41, 5.74) is 0.866. The number of amides is 1. The quantitative estimate of drug-likeness (QED) is 0.756. The highest BCUT2D eigenvalue weighted by Crippen LogP contribution is 2.20. The first-order valence-corrected chi connectivity index (χ1v) is 9.25. The Morgan fingerprint density at radius 2 is 1.88 bits per heavy atom. The molecule has 1 aliphatic rings. The van der Waals surface area contributed by atoms with Gasteiger partial charge in [-0.2, -0.15) is 4.98 Å². The van der Waals surface area contributed by atoms with Crippen LogP contribution in [-0.4, -0.2) is 65.2 Å². The SMILES string of the molecule is CCOc1ccc(-c2noc(CCC(=O)N3CCN(CC)CC3)n2)cc1. The van der Waals surface area contributed by atoms with Crippen LogP contribution in [0.4, 0.5) is 0 Å². The molecule has 0 aliphatic carbocycles. The van der Waals surface area contributed by atoms with Crippen molar-refractivity contribution >= 4 is 5.91 Å². The summed E-state index contributed by atoms with van der Waals surface area (Å²) in [6, 6.07) is 7.57. The summed E-state index contributed by atoms with van der Waals surface area (Å²) in [5, 5.41) is 4.02. The molecule has 0 saturated carbocycles. The zero-order chi connectivity index (χ0) is 18.4. The summed E-state index contributed by atoms with van der Waals surface area (Å²) in [7, 11) is 0. The molecular formula is C19H26N4O3. The summed E-state index contributed by atoms with van der Waals surface area (Å²) in [5.74, 6) is 2.00. The molecule has 7 heteroatoms. The zero-order valence-electron chi connectivity index (χ0n) is 15.5. The van der Waals surface area contributed by atoms with Gasteiger partial charge in [-0.3, -0.25) is 4.79 Å². The average Bonchev–Trinajstić information content (AvgIpc) is 3.16. The third-order valence-corrected chi connectivity index (χ3v) is 4.62. The standard InChI is InChI=1S/C19H26N4O3/c1-3-22-11-13-23(14-12-22)18(24)10-9-17-20-19(21-26-17)15-5-7-16(8-6-15)25-4-2/h5-8H,3-4,9-14H2,1-2H3. The van der Waals surface area contributed by atoms with E-state index >= 15 is 0 Å². The second-order valence-corrected chi connectivity index (χ2v) is 6.28. The van der Waals surface area contributed by atoms with Crippen molar-refractivity contribution in [1.82, 2.24) is 19.9 Å². The van der Waals surface area contributed by atoms with Crippen molar-refractivity contribution in [2.45, 2.75) is 26.7 Å². The van der Waals surface area contributed by atoms with Gasteiger partial charge in [-0.1, -0.05) is 12.1 Å². The fourth-order valence-corrected chi connectivity index (χ4v) is 3.03. The van der Waals surface area contributed by atoms with Crippen LogP contribution in [0, 0.1) is 0 Å². The van der Waals surface area contributed by atoms with Gasteiger partial charge in [0.15, 0.2) is 0 Å². The molecule has 7 nitrogen and oxygen atoms in total. The smallest absolute Gasteiger partial charge is 0.227 e. The van der Waals surface area contributed by atoms with Crippen molar-refractivity contribution in [3.8, 4) is 17.1 Å². The van der Waals surface area contributed by atoms with Crippen LogP contribution >= 0.6 is 0 Å². The van der Waals surface area contributed by atoms with E-state index in [1.165, 1.54) is 0 Å². The maximum Gasteiger partial charge on any atom is 0.227 e. The van der Waals surface area contributed by atoms with Crippen LogP contribution in [0.5, 0.6) is 5.75 Å². The van der Waals surface area contributed by atoms with Gasteiger partial charge in [0, 0.05) is 44.6 Å². The van der Waals surface area contributed by atoms with Crippen molar-refractivity contribution in [3.05, 3.63) is 30.2 Å². The number of ether oxygens (including phenoxy) is 1. The number of likely N-dealkylation sites (N-methyl/N-ethyl adjacent to an activating group) is 1. The van der Waals surface area contributed by atoms with E-state index in [2.05, 4.69) is 22.0 Å². The normalized spacial score (nSPS) is 15.2. The lowest BCUT2D eigenvalue weighted by atomic mass is 10.2. The van der Waals surface area contributed by atoms with Gasteiger partial charge in [0.1, 0.15) is 5.75 Å². The Morgan fingerprint density at radius 1 is 1.15 bits per heavy atom. The second kappa shape index (κ2) is 8.80. The minimum Gasteiger partial charge on any atom is -0.494 e. The van der Waals surface area contributed by atoms with Crippen LogP contribution in [-0.2, 0) is 11.2 Å². The third-order valence-electron chi connectivity index (χ3n) is 4.62. The maximum absolute atomic E-state index is 12.3. The number of aryl methyl sites for hydroxylation is 1. The Labute approximate surface area is 153 Å². The lowest BCUT2D eigenvalue weighted by Crippen LogP contribution is -2.48. The monoisotopic (exact) mass is 358 g/mol. The molecule has 0 atom stereocenters. The fraction of sp³-hybridized carbons (Fsp3) is 0.526. The highest BCUT2D eigenvalue weighted by atomic mass is 16.5. The first-order valence-electron chi connectivity index (χ1n) is 9.25. The summed E-state index contributed by atoms with van der Waals surface area (Å²) >= 11 is 0. The molecule has 140 valence electrons. The summed E-state index contributed by atoms with van der Waals surface area (Å²) < 4.78 is 10.7. The van der Waals surface area contributed by atoms with Crippen molar-refractivity contribution in [3.63, 3.8) is 0 Å². The number of benzene rings is 1. The highest BCUT2D eigenvalue weighted by molar-refractivity contribution is 5.76. The van der Waals surface area contributed by atoms with E-state index in [9.17, 15) is 4.79 Å². The van der Waals surface area contributed by atoms with E-state index in [1.54, 1.807) is 0 Å². The Morgan fingerprint density at radius 3 is 2.54 bits per heavy atom. The van der Waals surface area contributed by atoms with E-state index in [0.717, 1.165) is 44.0 Å². The third kappa shape index (κ3) is 4.60. The number of aromatic nitrogens is 2. The fourth-order valence-electron chi connectivity index (χ4n) is 3.03. The van der Waals surface area contributed by atoms with Gasteiger partial charge in [-0.05, 0) is 37.7 Å². The van der Waals surface area contributed by atoms with Crippen LogP contribution in [0.3, 0.4) is 0 Å². The Bertz CT molecular complexity index is 706. The molecule has 3 rings (SSSR count). The molecule has 1 aromatic heterocycles. The molecule has 1 amide bonds. The maximum atomic E-state index is 12.3. The zero-order valence-corrected chi connectivity index (χ0v) is 15.5. The Balaban J connectivity index is 1.51. The van der Waals surface area contributed by atoms with Crippen LogP contribution in [0.15, 0.2) is 28.8 Å². The first kappa shape index (κ1) is 18.4. The number of nitrogens with zero attached hydrogens (tertiary/aromatic N) is 4. The van der Waals surface area contributed by atoms with E-state index in [-0.39, 0.29) is 5.91 Å². The molecule has 0 spiro atoms. The van der Waals surface area contributed by atoms with Gasteiger partial charge < -0.3 is 19.1 Å². The number of rotatable bonds is 7. The van der Waals surface area contributed by atoms with E-state index < -0.39 is 0 Å². The van der Waals surface area contributed by atoms with Gasteiger partial charge >= 0.3 is 0 Å². The second-order valence-electron chi connectivity index (χ2n) is 6.28. The van der Waals surface area contributed by atoms with Crippen LogP contribution in [0.25, 0.3) is 11.4 Å². The molecule has 0 unspecified atom stereocenters. The number of carbonyl (C=O) groups excluding carboxylic acids is 1. The topological polar surface area (TPSA) is 71.7 Å². The van der Waals surface area contributed by atoms with Gasteiger partial charge in [0.25, 0.3) is 0 Å². The van der Waals surface area contributed by atoms with E-state index in [0.29, 0.717) is 31.2 Å². The summed E-state index contributed by atoms with van der Waals surface area (Å²) in [6.07, 6.45) is 0.869. The van der Waals surface area contributed by atoms with Gasteiger partial charge in [-0.15, -0.1) is 0 Å². The summed E-state index contributed by atoms with van der Waals surface area (Å²) in [4.78, 5) is 21.0. The molecule has 2 heterocycles. The van der Waals surface area contributed by atoms with Gasteiger partial charge in [0.05, 0.1) is 6.61 Å². The number of carbonyl (C=O) groups is 1. The van der Waals surface area contributed by atoms with Crippen LogP contribution < -0.4 is 4.74 Å². The van der Waals surface area contributed by atoms with Crippen molar-refractivity contribution < 1.29 is 14.1 Å². The molecule has 0 bridgehead atoms. The molecule has 1 saturated heterocycles. The molecule has 1 aliphatic heterocycles. The molecule has 26 heavy (non-hydrogen) atoms. The molecule has 1 fully saturated rings. The molecular weight excluding hydrogens is 332 g/mol. The lowest BCUT2D eigenvalue weighted by Gasteiger charge is -2.34. The predicted molar refractivity (Wildman–Crippen MR) is 97.9 cm³/mol. The summed E-state index contributed by atoms with van der Waals surface area (Å²) in [6.45, 7) is 9.27. The van der Waals surface area contributed by atoms with Crippen molar-refractivity contribution in [2.24, 2.45) is 0 Å². The largest absolute Gasteiger partial charge is 0.494 e. The van der Waals surface area contributed by atoms with Crippen LogP contribution in [0.1, 0.15) is 26.2 Å². The van der Waals surface area contributed by atoms with Gasteiger partial charge in [-0.25, -0.2) is 0 Å². The van der Waals surface area contributed by atoms with E-state index in [4.69, 9.17) is 9.26 Å². The molecule has 0 radical (unpaired) electrons. The molecule has 1 aromatic carbocycles. The van der Waals surface area contributed by atoms with E-state index in [1.807, 2.05) is 36.1 Å². The number of hydrogen-bond acceptors (Lipinski definition) is 6. The highest BCUT2D eigenvalue weighted by Gasteiger charge is 2.20. The molecule has 2 aromatic rings. The first-order chi connectivity index (χ1) is 12.7. The number of hydrogen-bond donors (Lipinski definition) is 0.